The molecule has 0 spiro atoms. The van der Waals surface area contributed by atoms with Crippen LogP contribution in [-0.4, -0.2) is 31.6 Å². The average Bonchev–Trinajstić information content (AvgIpc) is 2.93. The first-order valence-electron chi connectivity index (χ1n) is 7.35. The van der Waals surface area contributed by atoms with E-state index in [1.54, 1.807) is 11.1 Å². The Morgan fingerprint density at radius 1 is 1.06 bits per heavy atom. The molecule has 1 atom stereocenters. The van der Waals surface area contributed by atoms with Crippen LogP contribution in [0.3, 0.4) is 0 Å². The molecule has 2 fully saturated rings. The van der Waals surface area contributed by atoms with Crippen LogP contribution in [-0.2, 0) is 0 Å². The van der Waals surface area contributed by atoms with Crippen molar-refractivity contribution in [3.8, 4) is 0 Å². The quantitative estimate of drug-likeness (QED) is 0.860. The van der Waals surface area contributed by atoms with Crippen LogP contribution in [0.25, 0.3) is 0 Å². The largest absolute Gasteiger partial charge is 0.310 e. The van der Waals surface area contributed by atoms with E-state index in [4.69, 9.17) is 0 Å². The molecular formula is C16H24N2. The Kier molecular flexibility index (Phi) is 3.67. The summed E-state index contributed by atoms with van der Waals surface area (Å²) in [5.74, 6) is 0.778. The number of hydrogen-bond acceptors (Lipinski definition) is 2. The number of benzene rings is 1. The van der Waals surface area contributed by atoms with Gasteiger partial charge in [0.25, 0.3) is 0 Å². The lowest BCUT2D eigenvalue weighted by Gasteiger charge is -2.31. The van der Waals surface area contributed by atoms with E-state index in [9.17, 15) is 0 Å². The fraction of sp³-hybridized carbons (Fsp3) is 0.625. The lowest BCUT2D eigenvalue weighted by Crippen LogP contribution is -2.30. The first-order valence-corrected chi connectivity index (χ1v) is 7.35. The van der Waals surface area contributed by atoms with Crippen molar-refractivity contribution < 1.29 is 0 Å². The maximum Gasteiger partial charge on any atom is 0.0323 e. The smallest absolute Gasteiger partial charge is 0.0323 e. The third-order valence-corrected chi connectivity index (χ3v) is 4.59. The van der Waals surface area contributed by atoms with Crippen molar-refractivity contribution >= 4 is 0 Å². The number of hydrogen-bond donors (Lipinski definition) is 1. The van der Waals surface area contributed by atoms with Gasteiger partial charge in [-0.2, -0.15) is 0 Å². The second kappa shape index (κ2) is 5.41. The van der Waals surface area contributed by atoms with Gasteiger partial charge >= 0.3 is 0 Å². The first-order chi connectivity index (χ1) is 8.84. The van der Waals surface area contributed by atoms with Crippen molar-refractivity contribution in [1.29, 1.82) is 0 Å². The van der Waals surface area contributed by atoms with Crippen LogP contribution in [0.2, 0.25) is 0 Å². The maximum absolute atomic E-state index is 3.65. The summed E-state index contributed by atoms with van der Waals surface area (Å²) in [7, 11) is 2.24. The third-order valence-electron chi connectivity index (χ3n) is 4.59. The van der Waals surface area contributed by atoms with Crippen LogP contribution in [0.1, 0.15) is 48.8 Å². The fourth-order valence-electron chi connectivity index (χ4n) is 3.47. The number of rotatable bonds is 2. The lowest BCUT2D eigenvalue weighted by molar-refractivity contribution is 0.254. The summed E-state index contributed by atoms with van der Waals surface area (Å²) in [5.41, 5.74) is 3.19. The van der Waals surface area contributed by atoms with E-state index < -0.39 is 0 Å². The molecule has 0 aromatic heterocycles. The van der Waals surface area contributed by atoms with Gasteiger partial charge in [0.1, 0.15) is 0 Å². The van der Waals surface area contributed by atoms with Crippen molar-refractivity contribution in [3.05, 3.63) is 35.4 Å². The highest BCUT2D eigenvalue weighted by molar-refractivity contribution is 5.34. The van der Waals surface area contributed by atoms with Crippen LogP contribution in [0.5, 0.6) is 0 Å². The zero-order chi connectivity index (χ0) is 12.4. The van der Waals surface area contributed by atoms with Crippen molar-refractivity contribution in [2.24, 2.45) is 0 Å². The van der Waals surface area contributed by atoms with Gasteiger partial charge in [0.05, 0.1) is 0 Å². The van der Waals surface area contributed by atoms with Crippen molar-refractivity contribution in [2.45, 2.75) is 37.6 Å². The topological polar surface area (TPSA) is 15.3 Å². The Hall–Kier alpha value is -0.860. The summed E-state index contributed by atoms with van der Waals surface area (Å²) in [5, 5.41) is 3.65. The highest BCUT2D eigenvalue weighted by atomic mass is 15.1. The predicted molar refractivity (Wildman–Crippen MR) is 75.9 cm³/mol. The van der Waals surface area contributed by atoms with Crippen molar-refractivity contribution in [3.63, 3.8) is 0 Å². The van der Waals surface area contributed by atoms with E-state index in [1.165, 1.54) is 45.3 Å². The first kappa shape index (κ1) is 12.2. The Bertz CT molecular complexity index is 388. The van der Waals surface area contributed by atoms with Gasteiger partial charge in [-0.1, -0.05) is 24.3 Å². The standard InChI is InChI=1S/C16H24N2/c1-18-11-8-13(9-12-18)14-5-2-3-6-15(14)16-7-4-10-17-16/h2-3,5-6,13,16-17H,4,7-12H2,1H3/t16-/m0/s1. The van der Waals surface area contributed by atoms with E-state index in [0.29, 0.717) is 6.04 Å². The average molecular weight is 244 g/mol. The summed E-state index contributed by atoms with van der Waals surface area (Å²) < 4.78 is 0. The van der Waals surface area contributed by atoms with Crippen LogP contribution in [0, 0.1) is 0 Å². The molecule has 2 nitrogen and oxygen atoms in total. The van der Waals surface area contributed by atoms with E-state index in [-0.39, 0.29) is 0 Å². The predicted octanol–water partition coefficient (Wildman–Crippen LogP) is 2.92. The number of likely N-dealkylation sites (tertiary alicyclic amines) is 1. The fourth-order valence-corrected chi connectivity index (χ4v) is 3.47. The highest BCUT2D eigenvalue weighted by Gasteiger charge is 2.24. The Morgan fingerprint density at radius 3 is 2.44 bits per heavy atom. The highest BCUT2D eigenvalue weighted by Crippen LogP contribution is 2.34. The van der Waals surface area contributed by atoms with Gasteiger partial charge < -0.3 is 10.2 Å². The second-order valence-corrected chi connectivity index (χ2v) is 5.86. The molecule has 0 bridgehead atoms. The van der Waals surface area contributed by atoms with Gasteiger partial charge in [-0.25, -0.2) is 0 Å². The minimum absolute atomic E-state index is 0.612. The van der Waals surface area contributed by atoms with Gasteiger partial charge in [0, 0.05) is 6.04 Å². The van der Waals surface area contributed by atoms with E-state index >= 15 is 0 Å². The van der Waals surface area contributed by atoms with Crippen molar-refractivity contribution in [1.82, 2.24) is 10.2 Å². The number of nitrogens with one attached hydrogen (secondary N) is 1. The van der Waals surface area contributed by atoms with Crippen LogP contribution in [0.4, 0.5) is 0 Å². The molecule has 0 aliphatic carbocycles. The zero-order valence-electron chi connectivity index (χ0n) is 11.4. The third kappa shape index (κ3) is 2.45. The Balaban J connectivity index is 1.82. The molecule has 0 unspecified atom stereocenters. The monoisotopic (exact) mass is 244 g/mol. The van der Waals surface area contributed by atoms with E-state index in [2.05, 4.69) is 41.5 Å². The number of piperidine rings is 1. The normalized spacial score (nSPS) is 26.6. The molecule has 0 saturated carbocycles. The molecule has 1 aromatic carbocycles. The van der Waals surface area contributed by atoms with Crippen LogP contribution in [0.15, 0.2) is 24.3 Å². The Labute approximate surface area is 110 Å². The van der Waals surface area contributed by atoms with Gasteiger partial charge in [0.2, 0.25) is 0 Å². The van der Waals surface area contributed by atoms with Crippen molar-refractivity contribution in [2.75, 3.05) is 26.7 Å². The summed E-state index contributed by atoms with van der Waals surface area (Å²) in [6.07, 6.45) is 5.27. The van der Waals surface area contributed by atoms with Crippen LogP contribution < -0.4 is 5.32 Å². The van der Waals surface area contributed by atoms with Gasteiger partial charge in [-0.15, -0.1) is 0 Å². The minimum atomic E-state index is 0.612. The molecular weight excluding hydrogens is 220 g/mol. The molecule has 0 radical (unpaired) electrons. The van der Waals surface area contributed by atoms with Gasteiger partial charge in [0.15, 0.2) is 0 Å². The summed E-state index contributed by atoms with van der Waals surface area (Å²) in [6, 6.07) is 9.74. The maximum atomic E-state index is 3.65. The van der Waals surface area contributed by atoms with Gasteiger partial charge in [-0.3, -0.25) is 0 Å². The molecule has 2 aliphatic rings. The molecule has 1 aromatic rings. The molecule has 1 N–H and O–H groups in total. The molecule has 2 heteroatoms. The zero-order valence-corrected chi connectivity index (χ0v) is 11.4. The molecule has 2 saturated heterocycles. The van der Waals surface area contributed by atoms with Gasteiger partial charge in [-0.05, 0) is 69.4 Å². The van der Waals surface area contributed by atoms with Crippen LogP contribution >= 0.6 is 0 Å². The molecule has 18 heavy (non-hydrogen) atoms. The molecule has 98 valence electrons. The summed E-state index contributed by atoms with van der Waals surface area (Å²) in [6.45, 7) is 3.68. The summed E-state index contributed by atoms with van der Waals surface area (Å²) in [4.78, 5) is 2.45. The molecule has 2 heterocycles. The summed E-state index contributed by atoms with van der Waals surface area (Å²) >= 11 is 0. The molecule has 3 rings (SSSR count). The van der Waals surface area contributed by atoms with E-state index in [1.807, 2.05) is 0 Å². The molecule has 0 amide bonds. The minimum Gasteiger partial charge on any atom is -0.310 e. The van der Waals surface area contributed by atoms with E-state index in [0.717, 1.165) is 5.92 Å². The SMILES string of the molecule is CN1CCC(c2ccccc2[C@@H]2CCCN2)CC1. The Morgan fingerprint density at radius 2 is 1.78 bits per heavy atom. The molecule has 2 aliphatic heterocycles. The second-order valence-electron chi connectivity index (χ2n) is 5.86. The number of nitrogens with zero attached hydrogens (tertiary/aromatic N) is 1. The lowest BCUT2D eigenvalue weighted by atomic mass is 9.84.